The summed E-state index contributed by atoms with van der Waals surface area (Å²) in [5.41, 5.74) is 6.62. The molecule has 1 atom stereocenters. The Morgan fingerprint density at radius 3 is 2.45 bits per heavy atom. The molecule has 0 bridgehead atoms. The smallest absolute Gasteiger partial charge is 0.321 e. The lowest BCUT2D eigenvalue weighted by Crippen LogP contribution is -2.54. The number of carbonyl (C=O) groups is 1. The van der Waals surface area contributed by atoms with Crippen LogP contribution in [-0.4, -0.2) is 54.6 Å². The summed E-state index contributed by atoms with van der Waals surface area (Å²) in [5, 5.41) is 2.93. The van der Waals surface area contributed by atoms with Crippen molar-refractivity contribution in [1.82, 2.24) is 9.80 Å². The molecule has 1 aliphatic heterocycles. The molecule has 1 aromatic rings. The minimum absolute atomic E-state index is 0.0170. The van der Waals surface area contributed by atoms with E-state index in [1.54, 1.807) is 0 Å². The van der Waals surface area contributed by atoms with Gasteiger partial charge >= 0.3 is 6.03 Å². The number of anilines is 1. The number of para-hydroxylation sites is 1. The van der Waals surface area contributed by atoms with Gasteiger partial charge in [0.15, 0.2) is 0 Å². The molecule has 1 aromatic carbocycles. The summed E-state index contributed by atoms with van der Waals surface area (Å²) in [6.07, 6.45) is 1.06. The third-order valence-electron chi connectivity index (χ3n) is 3.89. The Kier molecular flexibility index (Phi) is 5.38. The number of amides is 2. The molecule has 1 unspecified atom stereocenters. The van der Waals surface area contributed by atoms with Gasteiger partial charge in [-0.2, -0.15) is 0 Å². The molecule has 1 heterocycles. The zero-order chi connectivity index (χ0) is 14.4. The Balaban J connectivity index is 1.83. The van der Waals surface area contributed by atoms with Crippen LogP contribution in [0.2, 0.25) is 0 Å². The number of hydrogen-bond donors (Lipinski definition) is 2. The number of benzene rings is 1. The van der Waals surface area contributed by atoms with Gasteiger partial charge in [-0.1, -0.05) is 25.1 Å². The first kappa shape index (κ1) is 14.8. The number of piperazine rings is 1. The van der Waals surface area contributed by atoms with E-state index < -0.39 is 0 Å². The van der Waals surface area contributed by atoms with Crippen LogP contribution < -0.4 is 11.1 Å². The first-order valence-electron chi connectivity index (χ1n) is 7.29. The highest BCUT2D eigenvalue weighted by Crippen LogP contribution is 2.11. The van der Waals surface area contributed by atoms with Crippen LogP contribution in [0.1, 0.15) is 13.3 Å². The molecule has 5 nitrogen and oxygen atoms in total. The molecule has 0 radical (unpaired) electrons. The molecule has 20 heavy (non-hydrogen) atoms. The van der Waals surface area contributed by atoms with Crippen molar-refractivity contribution in [2.24, 2.45) is 5.73 Å². The van der Waals surface area contributed by atoms with Crippen molar-refractivity contribution in [2.75, 3.05) is 38.0 Å². The maximum absolute atomic E-state index is 12.2. The fourth-order valence-corrected chi connectivity index (χ4v) is 2.59. The maximum Gasteiger partial charge on any atom is 0.321 e. The summed E-state index contributed by atoms with van der Waals surface area (Å²) >= 11 is 0. The molecule has 0 aliphatic carbocycles. The van der Waals surface area contributed by atoms with Gasteiger partial charge in [-0.25, -0.2) is 4.79 Å². The number of carbonyl (C=O) groups excluding carboxylic acids is 1. The molecular formula is C15H24N4O. The van der Waals surface area contributed by atoms with Crippen molar-refractivity contribution in [3.05, 3.63) is 30.3 Å². The SMILES string of the molecule is CCC(CN)N1CCN(C(=O)Nc2ccccc2)CC1. The normalized spacial score (nSPS) is 17.8. The number of nitrogens with one attached hydrogen (secondary N) is 1. The Morgan fingerprint density at radius 1 is 1.25 bits per heavy atom. The molecule has 2 amide bonds. The highest BCUT2D eigenvalue weighted by Gasteiger charge is 2.24. The monoisotopic (exact) mass is 276 g/mol. The van der Waals surface area contributed by atoms with Crippen LogP contribution in [0.15, 0.2) is 30.3 Å². The van der Waals surface area contributed by atoms with Crippen molar-refractivity contribution in [3.8, 4) is 0 Å². The average molecular weight is 276 g/mol. The molecule has 5 heteroatoms. The molecule has 110 valence electrons. The quantitative estimate of drug-likeness (QED) is 0.877. The van der Waals surface area contributed by atoms with Crippen molar-refractivity contribution in [3.63, 3.8) is 0 Å². The molecule has 2 rings (SSSR count). The molecule has 0 saturated carbocycles. The van der Waals surface area contributed by atoms with Gasteiger partial charge < -0.3 is 16.0 Å². The minimum atomic E-state index is -0.0170. The second kappa shape index (κ2) is 7.26. The Labute approximate surface area is 120 Å². The first-order valence-corrected chi connectivity index (χ1v) is 7.29. The summed E-state index contributed by atoms with van der Waals surface area (Å²) in [6.45, 7) is 6.17. The lowest BCUT2D eigenvalue weighted by molar-refractivity contribution is 0.113. The molecule has 0 spiro atoms. The van der Waals surface area contributed by atoms with E-state index in [9.17, 15) is 4.79 Å². The molecule has 1 fully saturated rings. The second-order valence-electron chi connectivity index (χ2n) is 5.12. The van der Waals surface area contributed by atoms with Crippen LogP contribution in [0.4, 0.5) is 10.5 Å². The van der Waals surface area contributed by atoms with Crippen LogP contribution in [0, 0.1) is 0 Å². The van der Waals surface area contributed by atoms with Gasteiger partial charge in [0.1, 0.15) is 0 Å². The standard InChI is InChI=1S/C15H24N4O/c1-2-14(12-16)18-8-10-19(11-9-18)15(20)17-13-6-4-3-5-7-13/h3-7,14H,2,8-12,16H2,1H3,(H,17,20). The number of rotatable bonds is 4. The maximum atomic E-state index is 12.2. The number of nitrogens with two attached hydrogens (primary N) is 1. The third-order valence-corrected chi connectivity index (χ3v) is 3.89. The zero-order valence-electron chi connectivity index (χ0n) is 12.1. The van der Waals surface area contributed by atoms with Gasteiger partial charge in [0.05, 0.1) is 0 Å². The summed E-state index contributed by atoms with van der Waals surface area (Å²) in [6, 6.07) is 9.99. The molecule has 1 saturated heterocycles. The van der Waals surface area contributed by atoms with Gasteiger partial charge in [-0.15, -0.1) is 0 Å². The van der Waals surface area contributed by atoms with E-state index in [4.69, 9.17) is 5.73 Å². The largest absolute Gasteiger partial charge is 0.329 e. The van der Waals surface area contributed by atoms with Gasteiger partial charge in [-0.3, -0.25) is 4.90 Å². The number of urea groups is 1. The van der Waals surface area contributed by atoms with E-state index in [0.29, 0.717) is 12.6 Å². The van der Waals surface area contributed by atoms with Crippen LogP contribution >= 0.6 is 0 Å². The highest BCUT2D eigenvalue weighted by atomic mass is 16.2. The number of hydrogen-bond acceptors (Lipinski definition) is 3. The predicted octanol–water partition coefficient (Wildman–Crippen LogP) is 1.57. The predicted molar refractivity (Wildman–Crippen MR) is 81.7 cm³/mol. The lowest BCUT2D eigenvalue weighted by atomic mass is 10.1. The van der Waals surface area contributed by atoms with Crippen molar-refractivity contribution in [2.45, 2.75) is 19.4 Å². The summed E-state index contributed by atoms with van der Waals surface area (Å²) < 4.78 is 0. The van der Waals surface area contributed by atoms with Crippen LogP contribution in [0.3, 0.4) is 0 Å². The minimum Gasteiger partial charge on any atom is -0.329 e. The Morgan fingerprint density at radius 2 is 1.90 bits per heavy atom. The van der Waals surface area contributed by atoms with E-state index in [0.717, 1.165) is 38.3 Å². The molecule has 1 aliphatic rings. The third kappa shape index (κ3) is 3.71. The van der Waals surface area contributed by atoms with E-state index in [-0.39, 0.29) is 6.03 Å². The van der Waals surface area contributed by atoms with Gasteiger partial charge in [0, 0.05) is 44.5 Å². The Bertz CT molecular complexity index is 411. The van der Waals surface area contributed by atoms with Gasteiger partial charge in [0.2, 0.25) is 0 Å². The number of nitrogens with zero attached hydrogens (tertiary/aromatic N) is 2. The Hall–Kier alpha value is -1.59. The van der Waals surface area contributed by atoms with E-state index in [1.165, 1.54) is 0 Å². The fraction of sp³-hybridized carbons (Fsp3) is 0.533. The van der Waals surface area contributed by atoms with E-state index in [2.05, 4.69) is 17.1 Å². The van der Waals surface area contributed by atoms with Crippen molar-refractivity contribution < 1.29 is 4.79 Å². The summed E-state index contributed by atoms with van der Waals surface area (Å²) in [7, 11) is 0. The van der Waals surface area contributed by atoms with Crippen molar-refractivity contribution in [1.29, 1.82) is 0 Å². The van der Waals surface area contributed by atoms with E-state index >= 15 is 0 Å². The van der Waals surface area contributed by atoms with Crippen molar-refractivity contribution >= 4 is 11.7 Å². The van der Waals surface area contributed by atoms with Gasteiger partial charge in [0.25, 0.3) is 0 Å². The fourth-order valence-electron chi connectivity index (χ4n) is 2.59. The van der Waals surface area contributed by atoms with Crippen LogP contribution in [0.5, 0.6) is 0 Å². The van der Waals surface area contributed by atoms with Crippen LogP contribution in [0.25, 0.3) is 0 Å². The molecule has 3 N–H and O–H groups in total. The lowest BCUT2D eigenvalue weighted by Gasteiger charge is -2.38. The van der Waals surface area contributed by atoms with Crippen LogP contribution in [-0.2, 0) is 0 Å². The average Bonchev–Trinajstić information content (AvgIpc) is 2.50. The molecule has 0 aromatic heterocycles. The summed E-state index contributed by atoms with van der Waals surface area (Å²) in [4.78, 5) is 16.4. The van der Waals surface area contributed by atoms with E-state index in [1.807, 2.05) is 35.2 Å². The first-order chi connectivity index (χ1) is 9.74. The molecular weight excluding hydrogens is 252 g/mol. The second-order valence-corrected chi connectivity index (χ2v) is 5.12. The summed E-state index contributed by atoms with van der Waals surface area (Å²) in [5.74, 6) is 0. The van der Waals surface area contributed by atoms with Gasteiger partial charge in [-0.05, 0) is 18.6 Å². The zero-order valence-corrected chi connectivity index (χ0v) is 12.1. The highest BCUT2D eigenvalue weighted by molar-refractivity contribution is 5.89. The topological polar surface area (TPSA) is 61.6 Å².